The van der Waals surface area contributed by atoms with Gasteiger partial charge in [-0.2, -0.15) is 0 Å². The van der Waals surface area contributed by atoms with Crippen LogP contribution in [0.1, 0.15) is 17.0 Å². The van der Waals surface area contributed by atoms with E-state index >= 15 is 0 Å². The summed E-state index contributed by atoms with van der Waals surface area (Å²) in [6, 6.07) is 31.8. The molecule has 0 saturated heterocycles. The van der Waals surface area contributed by atoms with Crippen molar-refractivity contribution in [1.29, 1.82) is 0 Å². The molecule has 0 aliphatic heterocycles. The maximum atomic E-state index is 13.7. The maximum absolute atomic E-state index is 13.7. The number of nitrogens with zero attached hydrogens (tertiary/aromatic N) is 3. The van der Waals surface area contributed by atoms with Crippen LogP contribution in [0, 0.1) is 3.57 Å². The summed E-state index contributed by atoms with van der Waals surface area (Å²) in [6.45, 7) is 0.775. The summed E-state index contributed by atoms with van der Waals surface area (Å²) in [4.78, 5) is 18.5. The van der Waals surface area contributed by atoms with Crippen molar-refractivity contribution < 1.29 is 0 Å². The van der Waals surface area contributed by atoms with Gasteiger partial charge in [-0.3, -0.25) is 9.36 Å². The van der Waals surface area contributed by atoms with Gasteiger partial charge in [0.2, 0.25) is 0 Å². The van der Waals surface area contributed by atoms with Gasteiger partial charge in [0.05, 0.1) is 16.6 Å². The lowest BCUT2D eigenvalue weighted by Crippen LogP contribution is -2.22. The third kappa shape index (κ3) is 4.72. The molecule has 6 heteroatoms. The number of rotatable bonds is 5. The minimum Gasteiger partial charge on any atom is -0.342 e. The Morgan fingerprint density at radius 2 is 1.59 bits per heavy atom. The van der Waals surface area contributed by atoms with Gasteiger partial charge in [-0.25, -0.2) is 4.98 Å². The first-order chi connectivity index (χ1) is 18.1. The van der Waals surface area contributed by atoms with E-state index < -0.39 is 0 Å². The second-order valence-corrected chi connectivity index (χ2v) is 10.5. The van der Waals surface area contributed by atoms with Crippen molar-refractivity contribution >= 4 is 68.1 Å². The van der Waals surface area contributed by atoms with Gasteiger partial charge in [0.25, 0.3) is 5.56 Å². The van der Waals surface area contributed by atoms with Crippen molar-refractivity contribution in [2.75, 3.05) is 0 Å². The van der Waals surface area contributed by atoms with Crippen LogP contribution in [0.4, 0.5) is 0 Å². The second kappa shape index (κ2) is 10.00. The molecule has 0 radical (unpaired) electrons. The van der Waals surface area contributed by atoms with Crippen molar-refractivity contribution in [1.82, 2.24) is 14.1 Å². The summed E-state index contributed by atoms with van der Waals surface area (Å²) in [7, 11) is 0. The Morgan fingerprint density at radius 3 is 2.41 bits per heavy atom. The van der Waals surface area contributed by atoms with E-state index in [1.165, 1.54) is 5.56 Å². The van der Waals surface area contributed by atoms with E-state index in [-0.39, 0.29) is 5.56 Å². The number of aromatic nitrogens is 3. The lowest BCUT2D eigenvalue weighted by Gasteiger charge is -2.12. The number of hydrogen-bond donors (Lipinski definition) is 0. The van der Waals surface area contributed by atoms with E-state index in [4.69, 9.17) is 16.6 Å². The minimum atomic E-state index is -0.114. The van der Waals surface area contributed by atoms with E-state index in [2.05, 4.69) is 75.8 Å². The van der Waals surface area contributed by atoms with Gasteiger partial charge in [-0.1, -0.05) is 60.1 Å². The molecule has 0 amide bonds. The summed E-state index contributed by atoms with van der Waals surface area (Å²) >= 11 is 8.35. The van der Waals surface area contributed by atoms with Crippen LogP contribution in [0.25, 0.3) is 39.6 Å². The van der Waals surface area contributed by atoms with Crippen LogP contribution in [0.2, 0.25) is 5.02 Å². The number of fused-ring (bicyclic) bond motifs is 2. The summed E-state index contributed by atoms with van der Waals surface area (Å²) in [5.74, 6) is 0.556. The smallest absolute Gasteiger partial charge is 0.266 e. The lowest BCUT2D eigenvalue weighted by atomic mass is 10.1. The monoisotopic (exact) mass is 613 g/mol. The molecule has 4 aromatic carbocycles. The Kier molecular flexibility index (Phi) is 6.40. The molecular weight excluding hydrogens is 593 g/mol. The zero-order chi connectivity index (χ0) is 25.4. The quantitative estimate of drug-likeness (QED) is 0.186. The van der Waals surface area contributed by atoms with Crippen LogP contribution in [0.3, 0.4) is 0 Å². The highest BCUT2D eigenvalue weighted by Crippen LogP contribution is 2.25. The molecule has 4 nitrogen and oxygen atoms in total. The molecule has 6 aromatic rings. The predicted octanol–water partition coefficient (Wildman–Crippen LogP) is 7.82. The molecule has 2 aromatic heterocycles. The van der Waals surface area contributed by atoms with E-state index in [9.17, 15) is 4.79 Å². The molecule has 0 aliphatic carbocycles. The first-order valence-electron chi connectivity index (χ1n) is 11.8. The zero-order valence-corrected chi connectivity index (χ0v) is 22.6. The Morgan fingerprint density at radius 1 is 0.838 bits per heavy atom. The largest absolute Gasteiger partial charge is 0.342 e. The number of halogens is 2. The zero-order valence-electron chi connectivity index (χ0n) is 19.7. The van der Waals surface area contributed by atoms with Gasteiger partial charge >= 0.3 is 0 Å². The average Bonchev–Trinajstić information content (AvgIpc) is 3.26. The third-order valence-electron chi connectivity index (χ3n) is 6.37. The van der Waals surface area contributed by atoms with Gasteiger partial charge < -0.3 is 4.57 Å². The van der Waals surface area contributed by atoms with Crippen LogP contribution >= 0.6 is 34.2 Å². The first kappa shape index (κ1) is 23.7. The van der Waals surface area contributed by atoms with Crippen molar-refractivity contribution in [3.05, 3.63) is 139 Å². The highest BCUT2D eigenvalue weighted by Gasteiger charge is 2.13. The fourth-order valence-electron chi connectivity index (χ4n) is 4.61. The summed E-state index contributed by atoms with van der Waals surface area (Å²) in [5.41, 5.74) is 4.72. The third-order valence-corrected chi connectivity index (χ3v) is 7.29. The molecule has 0 aliphatic rings. The van der Waals surface area contributed by atoms with Gasteiger partial charge in [0.15, 0.2) is 0 Å². The normalized spacial score (nSPS) is 11.6. The molecule has 0 unspecified atom stereocenters. The Bertz CT molecular complexity index is 1840. The highest BCUT2D eigenvalue weighted by atomic mass is 127. The molecule has 0 spiro atoms. The molecule has 6 rings (SSSR count). The van der Waals surface area contributed by atoms with Gasteiger partial charge in [-0.15, -0.1) is 0 Å². The molecular formula is C31H21ClIN3O. The SMILES string of the molecule is O=c1c2cc(I)ccc2nc(/C=C/c2cn(Cc3ccccc3)c3ccccc23)n1-c1ccc(Cl)cc1. The summed E-state index contributed by atoms with van der Waals surface area (Å²) in [6.07, 6.45) is 6.11. The van der Waals surface area contributed by atoms with E-state index in [0.717, 1.165) is 26.6 Å². The molecule has 37 heavy (non-hydrogen) atoms. The van der Waals surface area contributed by atoms with Gasteiger partial charge in [0, 0.05) is 37.8 Å². The molecule has 2 heterocycles. The topological polar surface area (TPSA) is 39.8 Å². The Balaban J connectivity index is 1.50. The fraction of sp³-hybridized carbons (Fsp3) is 0.0323. The maximum Gasteiger partial charge on any atom is 0.266 e. The van der Waals surface area contributed by atoms with Crippen LogP contribution in [0.15, 0.2) is 108 Å². The van der Waals surface area contributed by atoms with E-state index in [0.29, 0.717) is 27.4 Å². The van der Waals surface area contributed by atoms with Crippen LogP contribution < -0.4 is 5.56 Å². The fourth-order valence-corrected chi connectivity index (χ4v) is 5.23. The van der Waals surface area contributed by atoms with Crippen molar-refractivity contribution in [3.63, 3.8) is 0 Å². The molecule has 0 fully saturated rings. The molecule has 180 valence electrons. The predicted molar refractivity (Wildman–Crippen MR) is 161 cm³/mol. The Labute approximate surface area is 232 Å². The standard InChI is InChI=1S/C31H21ClIN3O/c32-23-11-14-25(15-12-23)36-30(34-28-16-13-24(33)18-27(28)31(36)37)17-10-22-20-35(19-21-6-2-1-3-7-21)29-9-5-4-8-26(22)29/h1-18,20H,19H2/b17-10+. The molecule has 0 atom stereocenters. The van der Waals surface area contributed by atoms with Crippen LogP contribution in [-0.2, 0) is 6.54 Å². The number of para-hydroxylation sites is 1. The summed E-state index contributed by atoms with van der Waals surface area (Å²) < 4.78 is 4.89. The molecule has 0 bridgehead atoms. The number of benzene rings is 4. The van der Waals surface area contributed by atoms with Crippen molar-refractivity contribution in [3.8, 4) is 5.69 Å². The van der Waals surface area contributed by atoms with Gasteiger partial charge in [-0.05, 0) is 88.8 Å². The first-order valence-corrected chi connectivity index (χ1v) is 13.3. The van der Waals surface area contributed by atoms with Crippen LogP contribution in [-0.4, -0.2) is 14.1 Å². The highest BCUT2D eigenvalue weighted by molar-refractivity contribution is 14.1. The summed E-state index contributed by atoms with van der Waals surface area (Å²) in [5, 5.41) is 2.34. The molecule has 0 N–H and O–H groups in total. The average molecular weight is 614 g/mol. The Hall–Kier alpha value is -3.68. The minimum absolute atomic E-state index is 0.114. The van der Waals surface area contributed by atoms with Crippen molar-refractivity contribution in [2.24, 2.45) is 0 Å². The molecule has 0 saturated carbocycles. The number of hydrogen-bond acceptors (Lipinski definition) is 2. The van der Waals surface area contributed by atoms with Crippen LogP contribution in [0.5, 0.6) is 0 Å². The lowest BCUT2D eigenvalue weighted by molar-refractivity contribution is 0.836. The van der Waals surface area contributed by atoms with E-state index in [1.807, 2.05) is 54.6 Å². The second-order valence-electron chi connectivity index (χ2n) is 8.80. The van der Waals surface area contributed by atoms with Crippen molar-refractivity contribution in [2.45, 2.75) is 6.54 Å². The van der Waals surface area contributed by atoms with Gasteiger partial charge in [0.1, 0.15) is 5.82 Å². The van der Waals surface area contributed by atoms with E-state index in [1.54, 1.807) is 16.7 Å².